The summed E-state index contributed by atoms with van der Waals surface area (Å²) in [5, 5.41) is 3.22. The van der Waals surface area contributed by atoms with Gasteiger partial charge in [0.2, 0.25) is 0 Å². The number of hydrogen-bond donors (Lipinski definition) is 1. The van der Waals surface area contributed by atoms with Crippen LogP contribution in [0.5, 0.6) is 0 Å². The van der Waals surface area contributed by atoms with Crippen LogP contribution in [0, 0.1) is 12.8 Å². The molecule has 1 aliphatic heterocycles. The van der Waals surface area contributed by atoms with E-state index < -0.39 is 0 Å². The molecule has 3 nitrogen and oxygen atoms in total. The topological polar surface area (TPSA) is 32.3 Å². The van der Waals surface area contributed by atoms with Gasteiger partial charge in [0.25, 0.3) is 5.91 Å². The number of rotatable bonds is 6. The van der Waals surface area contributed by atoms with Gasteiger partial charge < -0.3 is 10.2 Å². The largest absolute Gasteiger partial charge is 0.338 e. The molecule has 0 radical (unpaired) electrons. The van der Waals surface area contributed by atoms with Crippen LogP contribution in [0.25, 0.3) is 0 Å². The van der Waals surface area contributed by atoms with E-state index in [0.717, 1.165) is 56.1 Å². The molecule has 0 aliphatic carbocycles. The van der Waals surface area contributed by atoms with E-state index in [9.17, 15) is 4.79 Å². The third-order valence-electron chi connectivity index (χ3n) is 4.46. The van der Waals surface area contributed by atoms with Gasteiger partial charge in [-0.25, -0.2) is 0 Å². The number of hydrogen-bond acceptors (Lipinski definition) is 3. The SMILES string of the molecule is CCCc1cc(C(=O)N2CCC(CCNC)CC2)sc1C. The van der Waals surface area contributed by atoms with Crippen molar-refractivity contribution in [1.29, 1.82) is 0 Å². The maximum atomic E-state index is 12.6. The molecule has 1 aromatic rings. The molecule has 1 amide bonds. The zero-order chi connectivity index (χ0) is 15.2. The molecule has 21 heavy (non-hydrogen) atoms. The molecule has 1 aliphatic rings. The van der Waals surface area contributed by atoms with Crippen molar-refractivity contribution in [3.05, 3.63) is 21.4 Å². The first-order chi connectivity index (χ1) is 10.2. The number of nitrogens with one attached hydrogen (secondary N) is 1. The zero-order valence-electron chi connectivity index (χ0n) is 13.6. The molecule has 118 valence electrons. The molecular weight excluding hydrogens is 280 g/mol. The van der Waals surface area contributed by atoms with Gasteiger partial charge in [0.15, 0.2) is 0 Å². The molecule has 0 saturated carbocycles. The van der Waals surface area contributed by atoms with Crippen LogP contribution in [-0.2, 0) is 6.42 Å². The van der Waals surface area contributed by atoms with Crippen LogP contribution in [0.15, 0.2) is 6.07 Å². The Morgan fingerprint density at radius 1 is 1.43 bits per heavy atom. The van der Waals surface area contributed by atoms with E-state index in [2.05, 4.69) is 30.1 Å². The Bertz CT molecular complexity index is 461. The first-order valence-corrected chi connectivity index (χ1v) is 9.00. The maximum absolute atomic E-state index is 12.6. The molecule has 0 bridgehead atoms. The van der Waals surface area contributed by atoms with Crippen LogP contribution >= 0.6 is 11.3 Å². The molecule has 0 spiro atoms. The smallest absolute Gasteiger partial charge is 0.263 e. The summed E-state index contributed by atoms with van der Waals surface area (Å²) in [7, 11) is 2.01. The highest BCUT2D eigenvalue weighted by Gasteiger charge is 2.24. The number of carbonyl (C=O) groups excluding carboxylic acids is 1. The van der Waals surface area contributed by atoms with Gasteiger partial charge >= 0.3 is 0 Å². The van der Waals surface area contributed by atoms with E-state index in [1.54, 1.807) is 11.3 Å². The van der Waals surface area contributed by atoms with E-state index in [4.69, 9.17) is 0 Å². The van der Waals surface area contributed by atoms with Gasteiger partial charge in [-0.3, -0.25) is 4.79 Å². The van der Waals surface area contributed by atoms with E-state index in [1.165, 1.54) is 16.9 Å². The monoisotopic (exact) mass is 308 g/mol. The Balaban J connectivity index is 1.91. The number of thiophene rings is 1. The highest BCUT2D eigenvalue weighted by atomic mass is 32.1. The van der Waals surface area contributed by atoms with Gasteiger partial charge in [-0.2, -0.15) is 0 Å². The molecule has 1 aromatic heterocycles. The summed E-state index contributed by atoms with van der Waals surface area (Å²) >= 11 is 1.67. The van der Waals surface area contributed by atoms with Gasteiger partial charge in [-0.15, -0.1) is 11.3 Å². The van der Waals surface area contributed by atoms with E-state index in [-0.39, 0.29) is 5.91 Å². The number of likely N-dealkylation sites (tertiary alicyclic amines) is 1. The second kappa shape index (κ2) is 7.95. The lowest BCUT2D eigenvalue weighted by molar-refractivity contribution is 0.0692. The van der Waals surface area contributed by atoms with Crippen LogP contribution in [0.1, 0.15) is 52.7 Å². The summed E-state index contributed by atoms with van der Waals surface area (Å²) in [5.41, 5.74) is 1.36. The molecule has 2 rings (SSSR count). The fourth-order valence-corrected chi connectivity index (χ4v) is 4.11. The first kappa shape index (κ1) is 16.5. The van der Waals surface area contributed by atoms with Crippen LogP contribution in [0.2, 0.25) is 0 Å². The number of amides is 1. The first-order valence-electron chi connectivity index (χ1n) is 8.18. The van der Waals surface area contributed by atoms with Crippen molar-refractivity contribution in [3.63, 3.8) is 0 Å². The third-order valence-corrected chi connectivity index (χ3v) is 5.54. The van der Waals surface area contributed by atoms with Crippen molar-refractivity contribution >= 4 is 17.2 Å². The van der Waals surface area contributed by atoms with Crippen LogP contribution in [0.4, 0.5) is 0 Å². The predicted molar refractivity (Wildman–Crippen MR) is 90.2 cm³/mol. The summed E-state index contributed by atoms with van der Waals surface area (Å²) in [6, 6.07) is 2.12. The van der Waals surface area contributed by atoms with Crippen molar-refractivity contribution in [2.24, 2.45) is 5.92 Å². The molecule has 2 heterocycles. The lowest BCUT2D eigenvalue weighted by atomic mass is 9.93. The summed E-state index contributed by atoms with van der Waals surface area (Å²) < 4.78 is 0. The number of aryl methyl sites for hydroxylation is 2. The number of piperidine rings is 1. The van der Waals surface area contributed by atoms with Crippen LogP contribution < -0.4 is 5.32 Å². The van der Waals surface area contributed by atoms with Gasteiger partial charge in [0.1, 0.15) is 0 Å². The standard InChI is InChI=1S/C17H28N2OS/c1-4-5-15-12-16(21-13(15)2)17(20)19-10-7-14(8-11-19)6-9-18-3/h12,14,18H,4-11H2,1-3H3. The average molecular weight is 308 g/mol. The second-order valence-electron chi connectivity index (χ2n) is 6.07. The van der Waals surface area contributed by atoms with Gasteiger partial charge in [-0.05, 0) is 63.7 Å². The van der Waals surface area contributed by atoms with Crippen molar-refractivity contribution in [3.8, 4) is 0 Å². The normalized spacial score (nSPS) is 16.4. The van der Waals surface area contributed by atoms with E-state index in [0.29, 0.717) is 0 Å². The second-order valence-corrected chi connectivity index (χ2v) is 7.33. The summed E-state index contributed by atoms with van der Waals surface area (Å²) in [5.74, 6) is 1.03. The number of nitrogens with zero attached hydrogens (tertiary/aromatic N) is 1. The summed E-state index contributed by atoms with van der Waals surface area (Å²) in [4.78, 5) is 16.9. The quantitative estimate of drug-likeness (QED) is 0.873. The lowest BCUT2D eigenvalue weighted by Crippen LogP contribution is -2.38. The molecular formula is C17H28N2OS. The Hall–Kier alpha value is -0.870. The van der Waals surface area contributed by atoms with Crippen molar-refractivity contribution < 1.29 is 4.79 Å². The lowest BCUT2D eigenvalue weighted by Gasteiger charge is -2.31. The summed E-state index contributed by atoms with van der Waals surface area (Å²) in [6.07, 6.45) is 5.76. The minimum absolute atomic E-state index is 0.248. The minimum atomic E-state index is 0.248. The fourth-order valence-electron chi connectivity index (χ4n) is 3.07. The molecule has 0 atom stereocenters. The van der Waals surface area contributed by atoms with E-state index in [1.807, 2.05) is 7.05 Å². The predicted octanol–water partition coefficient (Wildman–Crippen LogP) is 3.47. The molecule has 1 N–H and O–H groups in total. The van der Waals surface area contributed by atoms with Gasteiger partial charge in [0.05, 0.1) is 4.88 Å². The minimum Gasteiger partial charge on any atom is -0.338 e. The molecule has 0 aromatic carbocycles. The highest BCUT2D eigenvalue weighted by Crippen LogP contribution is 2.26. The molecule has 0 unspecified atom stereocenters. The Kier molecular flexibility index (Phi) is 6.24. The van der Waals surface area contributed by atoms with Gasteiger partial charge in [0, 0.05) is 18.0 Å². The Labute approximate surface area is 132 Å². The zero-order valence-corrected chi connectivity index (χ0v) is 14.4. The van der Waals surface area contributed by atoms with Crippen LogP contribution in [-0.4, -0.2) is 37.5 Å². The van der Waals surface area contributed by atoms with Crippen LogP contribution in [0.3, 0.4) is 0 Å². The Morgan fingerprint density at radius 3 is 2.76 bits per heavy atom. The van der Waals surface area contributed by atoms with Crippen molar-refractivity contribution in [1.82, 2.24) is 10.2 Å². The molecule has 1 fully saturated rings. The molecule has 4 heteroatoms. The third kappa shape index (κ3) is 4.30. The number of carbonyl (C=O) groups is 1. The Morgan fingerprint density at radius 2 is 2.14 bits per heavy atom. The van der Waals surface area contributed by atoms with E-state index >= 15 is 0 Å². The maximum Gasteiger partial charge on any atom is 0.263 e. The average Bonchev–Trinajstić information content (AvgIpc) is 2.86. The van der Waals surface area contributed by atoms with Crippen molar-refractivity contribution in [2.45, 2.75) is 46.0 Å². The highest BCUT2D eigenvalue weighted by molar-refractivity contribution is 7.14. The van der Waals surface area contributed by atoms with Gasteiger partial charge in [-0.1, -0.05) is 13.3 Å². The molecule has 1 saturated heterocycles. The summed E-state index contributed by atoms with van der Waals surface area (Å²) in [6.45, 7) is 7.26. The fraction of sp³-hybridized carbons (Fsp3) is 0.706. The van der Waals surface area contributed by atoms with Crippen molar-refractivity contribution in [2.75, 3.05) is 26.7 Å².